The van der Waals surface area contributed by atoms with Crippen molar-refractivity contribution in [3.63, 3.8) is 0 Å². The summed E-state index contributed by atoms with van der Waals surface area (Å²) in [5.74, 6) is 0.687. The van der Waals surface area contributed by atoms with E-state index in [0.29, 0.717) is 5.82 Å². The lowest BCUT2D eigenvalue weighted by atomic mass is 9.95. The van der Waals surface area contributed by atoms with Gasteiger partial charge in [0.15, 0.2) is 11.4 Å². The Bertz CT molecular complexity index is 2480. The zero-order chi connectivity index (χ0) is 31.2. The summed E-state index contributed by atoms with van der Waals surface area (Å²) in [6.45, 7) is 0. The van der Waals surface area contributed by atoms with Gasteiger partial charge in [0.25, 0.3) is 0 Å². The third-order valence-corrected chi connectivity index (χ3v) is 8.70. The zero-order valence-corrected chi connectivity index (χ0v) is 25.3. The van der Waals surface area contributed by atoms with Gasteiger partial charge in [0.2, 0.25) is 0 Å². The number of fused-ring (bicyclic) bond motifs is 5. The van der Waals surface area contributed by atoms with Gasteiger partial charge >= 0.3 is 0 Å². The predicted molar refractivity (Wildman–Crippen MR) is 192 cm³/mol. The summed E-state index contributed by atoms with van der Waals surface area (Å²) in [5.41, 5.74) is 11.5. The first-order chi connectivity index (χ1) is 23.3. The van der Waals surface area contributed by atoms with Crippen molar-refractivity contribution in [2.75, 3.05) is 0 Å². The van der Waals surface area contributed by atoms with E-state index in [0.717, 1.165) is 83.3 Å². The van der Waals surface area contributed by atoms with Crippen LogP contribution in [0.4, 0.5) is 0 Å². The summed E-state index contributed by atoms with van der Waals surface area (Å²) in [6.07, 6.45) is 0. The number of hydrogen-bond donors (Lipinski definition) is 0. The third kappa shape index (κ3) is 4.75. The fourth-order valence-electron chi connectivity index (χ4n) is 6.45. The molecule has 0 aliphatic heterocycles. The van der Waals surface area contributed by atoms with Crippen LogP contribution in [0.2, 0.25) is 0 Å². The summed E-state index contributed by atoms with van der Waals surface area (Å²) < 4.78 is 6.53. The molecule has 220 valence electrons. The Morgan fingerprint density at radius 3 is 1.64 bits per heavy atom. The van der Waals surface area contributed by atoms with Crippen LogP contribution >= 0.6 is 0 Å². The van der Waals surface area contributed by atoms with Crippen molar-refractivity contribution < 1.29 is 4.42 Å². The standard InChI is InChI=1S/C43H27N3O/c1-4-13-29(14-5-1)36-27-37(30-15-6-2-7-16-30)46-43(45-36)32-25-23-28(24-26-32)33-20-12-21-35-39(33)40-34-19-10-11-22-38(34)47-42(40)41(44-35)31-17-8-3-9-18-31/h1-27H. The van der Waals surface area contributed by atoms with Crippen molar-refractivity contribution in [1.29, 1.82) is 0 Å². The molecule has 3 aromatic heterocycles. The van der Waals surface area contributed by atoms with Crippen LogP contribution in [0.1, 0.15) is 0 Å². The second-order valence-corrected chi connectivity index (χ2v) is 11.6. The molecule has 0 unspecified atom stereocenters. The Morgan fingerprint density at radius 2 is 0.979 bits per heavy atom. The number of nitrogens with zero attached hydrogens (tertiary/aromatic N) is 3. The van der Waals surface area contributed by atoms with Crippen LogP contribution in [0, 0.1) is 0 Å². The first-order valence-electron chi connectivity index (χ1n) is 15.7. The molecular weight excluding hydrogens is 574 g/mol. The first kappa shape index (κ1) is 27.0. The second kappa shape index (κ2) is 11.2. The minimum atomic E-state index is 0.687. The highest BCUT2D eigenvalue weighted by molar-refractivity contribution is 6.24. The van der Waals surface area contributed by atoms with E-state index in [4.69, 9.17) is 19.4 Å². The number of aromatic nitrogens is 3. The van der Waals surface area contributed by atoms with Crippen LogP contribution in [0.5, 0.6) is 0 Å². The summed E-state index contributed by atoms with van der Waals surface area (Å²) in [7, 11) is 0. The Balaban J connectivity index is 1.21. The van der Waals surface area contributed by atoms with E-state index in [2.05, 4.69) is 97.1 Å². The highest BCUT2D eigenvalue weighted by Crippen LogP contribution is 2.43. The molecule has 0 bridgehead atoms. The molecule has 0 fully saturated rings. The fourth-order valence-corrected chi connectivity index (χ4v) is 6.45. The Morgan fingerprint density at radius 1 is 0.404 bits per heavy atom. The van der Waals surface area contributed by atoms with Crippen molar-refractivity contribution in [2.24, 2.45) is 0 Å². The number of para-hydroxylation sites is 1. The molecule has 0 aliphatic carbocycles. The van der Waals surface area contributed by atoms with Crippen molar-refractivity contribution >= 4 is 32.8 Å². The van der Waals surface area contributed by atoms with Gasteiger partial charge in [-0.3, -0.25) is 0 Å². The third-order valence-electron chi connectivity index (χ3n) is 8.70. The number of furan rings is 1. The quantitative estimate of drug-likeness (QED) is 0.197. The van der Waals surface area contributed by atoms with Gasteiger partial charge in [0.05, 0.1) is 16.9 Å². The van der Waals surface area contributed by atoms with E-state index in [1.807, 2.05) is 66.7 Å². The molecule has 3 heterocycles. The van der Waals surface area contributed by atoms with E-state index in [9.17, 15) is 0 Å². The van der Waals surface area contributed by atoms with Crippen LogP contribution in [-0.4, -0.2) is 15.0 Å². The van der Waals surface area contributed by atoms with Crippen LogP contribution in [-0.2, 0) is 0 Å². The topological polar surface area (TPSA) is 51.8 Å². The molecule has 0 radical (unpaired) electrons. The van der Waals surface area contributed by atoms with Gasteiger partial charge in [-0.2, -0.15) is 0 Å². The number of pyridine rings is 1. The van der Waals surface area contributed by atoms with E-state index < -0.39 is 0 Å². The molecule has 6 aromatic carbocycles. The molecule has 9 aromatic rings. The lowest BCUT2D eigenvalue weighted by Gasteiger charge is -2.12. The zero-order valence-electron chi connectivity index (χ0n) is 25.3. The SMILES string of the molecule is c1ccc(-c2cc(-c3ccccc3)nc(-c3ccc(-c4cccc5nc(-c6ccccc6)c6oc7ccccc7c6c45)cc3)n2)cc1. The van der Waals surface area contributed by atoms with Gasteiger partial charge in [-0.25, -0.2) is 15.0 Å². The molecule has 0 saturated carbocycles. The van der Waals surface area contributed by atoms with Gasteiger partial charge in [0, 0.05) is 38.4 Å². The van der Waals surface area contributed by atoms with Crippen LogP contribution in [0.25, 0.3) is 89.1 Å². The molecule has 4 nitrogen and oxygen atoms in total. The average molecular weight is 602 g/mol. The minimum absolute atomic E-state index is 0.687. The highest BCUT2D eigenvalue weighted by atomic mass is 16.3. The number of hydrogen-bond acceptors (Lipinski definition) is 4. The first-order valence-corrected chi connectivity index (χ1v) is 15.7. The second-order valence-electron chi connectivity index (χ2n) is 11.6. The van der Waals surface area contributed by atoms with Gasteiger partial charge in [-0.15, -0.1) is 0 Å². The van der Waals surface area contributed by atoms with Crippen molar-refractivity contribution in [1.82, 2.24) is 15.0 Å². The largest absolute Gasteiger partial charge is 0.454 e. The maximum Gasteiger partial charge on any atom is 0.162 e. The summed E-state index contributed by atoms with van der Waals surface area (Å²) in [4.78, 5) is 15.2. The number of benzene rings is 6. The van der Waals surface area contributed by atoms with Crippen molar-refractivity contribution in [2.45, 2.75) is 0 Å². The molecule has 4 heteroatoms. The smallest absolute Gasteiger partial charge is 0.162 e. The van der Waals surface area contributed by atoms with Crippen LogP contribution < -0.4 is 0 Å². The van der Waals surface area contributed by atoms with Gasteiger partial charge in [0.1, 0.15) is 11.3 Å². The summed E-state index contributed by atoms with van der Waals surface area (Å²) in [5, 5.41) is 3.24. The molecule has 0 amide bonds. The van der Waals surface area contributed by atoms with Gasteiger partial charge < -0.3 is 4.42 Å². The fraction of sp³-hybridized carbons (Fsp3) is 0. The number of rotatable bonds is 5. The van der Waals surface area contributed by atoms with Crippen LogP contribution in [0.3, 0.4) is 0 Å². The highest BCUT2D eigenvalue weighted by Gasteiger charge is 2.20. The Labute approximate surface area is 271 Å². The maximum absolute atomic E-state index is 6.53. The van der Waals surface area contributed by atoms with E-state index in [1.165, 1.54) is 0 Å². The molecule has 0 N–H and O–H groups in total. The Hall–Kier alpha value is -6.39. The van der Waals surface area contributed by atoms with Crippen molar-refractivity contribution in [3.05, 3.63) is 164 Å². The van der Waals surface area contributed by atoms with E-state index in [1.54, 1.807) is 0 Å². The van der Waals surface area contributed by atoms with E-state index >= 15 is 0 Å². The predicted octanol–water partition coefficient (Wildman–Crippen LogP) is 11.3. The normalized spacial score (nSPS) is 11.4. The van der Waals surface area contributed by atoms with Gasteiger partial charge in [-0.1, -0.05) is 146 Å². The monoisotopic (exact) mass is 601 g/mol. The summed E-state index contributed by atoms with van der Waals surface area (Å²) >= 11 is 0. The molecule has 0 aliphatic rings. The maximum atomic E-state index is 6.53. The molecular formula is C43H27N3O. The van der Waals surface area contributed by atoms with Crippen molar-refractivity contribution in [3.8, 4) is 56.3 Å². The van der Waals surface area contributed by atoms with E-state index in [-0.39, 0.29) is 0 Å². The molecule has 0 spiro atoms. The molecule has 0 saturated heterocycles. The van der Waals surface area contributed by atoms with Gasteiger partial charge in [-0.05, 0) is 29.3 Å². The average Bonchev–Trinajstić information content (AvgIpc) is 3.55. The Kier molecular flexibility index (Phi) is 6.43. The lowest BCUT2D eigenvalue weighted by Crippen LogP contribution is -1.96. The molecule has 47 heavy (non-hydrogen) atoms. The molecule has 0 atom stereocenters. The molecule has 9 rings (SSSR count). The lowest BCUT2D eigenvalue weighted by molar-refractivity contribution is 0.669. The minimum Gasteiger partial charge on any atom is -0.454 e. The van der Waals surface area contributed by atoms with Crippen LogP contribution in [0.15, 0.2) is 168 Å². The summed E-state index contributed by atoms with van der Waals surface area (Å²) in [6, 6.07) is 56.0.